The Morgan fingerprint density at radius 2 is 2.07 bits per heavy atom. The van der Waals surface area contributed by atoms with E-state index in [-0.39, 0.29) is 6.61 Å². The van der Waals surface area contributed by atoms with E-state index in [9.17, 15) is 0 Å². The van der Waals surface area contributed by atoms with E-state index in [1.54, 1.807) is 19.2 Å². The lowest BCUT2D eigenvalue weighted by Gasteiger charge is -2.11. The number of halogens is 1. The first-order valence-electron chi connectivity index (χ1n) is 4.33. The zero-order valence-electron chi connectivity index (χ0n) is 8.21. The minimum Gasteiger partial charge on any atom is -0.493 e. The second-order valence-electron chi connectivity index (χ2n) is 2.69. The largest absolute Gasteiger partial charge is 0.493 e. The molecule has 1 aromatic carbocycles. The van der Waals surface area contributed by atoms with Gasteiger partial charge in [-0.3, -0.25) is 0 Å². The van der Waals surface area contributed by atoms with Gasteiger partial charge in [0.25, 0.3) is 0 Å². The zero-order valence-corrected chi connectivity index (χ0v) is 8.97. The predicted octanol–water partition coefficient (Wildman–Crippen LogP) is 2.24. The molecule has 1 N–H and O–H groups in total. The summed E-state index contributed by atoms with van der Waals surface area (Å²) in [5.41, 5.74) is 0.631. The molecule has 0 aliphatic rings. The first kappa shape index (κ1) is 11.1. The van der Waals surface area contributed by atoms with Gasteiger partial charge in [-0.05, 0) is 18.6 Å². The summed E-state index contributed by atoms with van der Waals surface area (Å²) in [7, 11) is 1.55. The van der Waals surface area contributed by atoms with Gasteiger partial charge in [0.1, 0.15) is 0 Å². The highest BCUT2D eigenvalue weighted by Crippen LogP contribution is 2.33. The van der Waals surface area contributed by atoms with Crippen LogP contribution in [0, 0.1) is 0 Å². The van der Waals surface area contributed by atoms with E-state index in [2.05, 4.69) is 0 Å². The van der Waals surface area contributed by atoms with Crippen LogP contribution in [0.5, 0.6) is 11.5 Å². The van der Waals surface area contributed by atoms with E-state index in [0.717, 1.165) is 0 Å². The second kappa shape index (κ2) is 5.08. The normalized spacial score (nSPS) is 10.0. The number of methoxy groups -OCH3 is 1. The van der Waals surface area contributed by atoms with Gasteiger partial charge in [0.2, 0.25) is 0 Å². The molecule has 3 nitrogen and oxygen atoms in total. The van der Waals surface area contributed by atoms with Gasteiger partial charge in [0.05, 0.1) is 25.3 Å². The lowest BCUT2D eigenvalue weighted by molar-refractivity contribution is 0.279. The maximum absolute atomic E-state index is 8.98. The number of rotatable bonds is 4. The second-order valence-corrected chi connectivity index (χ2v) is 3.09. The average molecular weight is 217 g/mol. The topological polar surface area (TPSA) is 38.7 Å². The molecule has 1 aromatic rings. The Morgan fingerprint density at radius 1 is 1.36 bits per heavy atom. The van der Waals surface area contributed by atoms with Gasteiger partial charge in [-0.1, -0.05) is 11.6 Å². The van der Waals surface area contributed by atoms with Gasteiger partial charge in [-0.25, -0.2) is 0 Å². The Bertz CT molecular complexity index is 312. The molecule has 4 heteroatoms. The SMILES string of the molecule is CCOc1cc(Cl)c(CO)cc1OC. The third kappa shape index (κ3) is 2.30. The highest BCUT2D eigenvalue weighted by molar-refractivity contribution is 6.31. The Balaban J connectivity index is 3.10. The standard InChI is InChI=1S/C10H13ClO3/c1-3-14-10-5-8(11)7(6-12)4-9(10)13-2/h4-5,12H,3,6H2,1-2H3. The lowest BCUT2D eigenvalue weighted by Crippen LogP contribution is -1.97. The fraction of sp³-hybridized carbons (Fsp3) is 0.400. The van der Waals surface area contributed by atoms with Gasteiger partial charge in [0, 0.05) is 6.07 Å². The number of benzene rings is 1. The number of hydrogen-bond acceptors (Lipinski definition) is 3. The smallest absolute Gasteiger partial charge is 0.162 e. The molecule has 0 aliphatic carbocycles. The van der Waals surface area contributed by atoms with E-state index in [0.29, 0.717) is 28.7 Å². The molecule has 14 heavy (non-hydrogen) atoms. The molecule has 0 amide bonds. The number of aliphatic hydroxyl groups excluding tert-OH is 1. The van der Waals surface area contributed by atoms with Crippen LogP contribution in [0.1, 0.15) is 12.5 Å². The Labute approximate surface area is 88.2 Å². The summed E-state index contributed by atoms with van der Waals surface area (Å²) in [6, 6.07) is 3.32. The Morgan fingerprint density at radius 3 is 2.57 bits per heavy atom. The minimum absolute atomic E-state index is 0.110. The summed E-state index contributed by atoms with van der Waals surface area (Å²) < 4.78 is 10.4. The lowest BCUT2D eigenvalue weighted by atomic mass is 10.2. The number of ether oxygens (including phenoxy) is 2. The quantitative estimate of drug-likeness (QED) is 0.839. The van der Waals surface area contributed by atoms with E-state index >= 15 is 0 Å². The minimum atomic E-state index is -0.110. The predicted molar refractivity (Wildman–Crippen MR) is 55.1 cm³/mol. The molecule has 0 radical (unpaired) electrons. The van der Waals surface area contributed by atoms with Crippen molar-refractivity contribution in [1.82, 2.24) is 0 Å². The molecule has 0 aromatic heterocycles. The molecule has 0 saturated heterocycles. The van der Waals surface area contributed by atoms with Crippen molar-refractivity contribution in [3.63, 3.8) is 0 Å². The molecular weight excluding hydrogens is 204 g/mol. The maximum Gasteiger partial charge on any atom is 0.162 e. The first-order chi connectivity index (χ1) is 6.72. The first-order valence-corrected chi connectivity index (χ1v) is 4.70. The van der Waals surface area contributed by atoms with Crippen molar-refractivity contribution in [2.75, 3.05) is 13.7 Å². The molecule has 0 atom stereocenters. The summed E-state index contributed by atoms with van der Waals surface area (Å²) in [4.78, 5) is 0. The van der Waals surface area contributed by atoms with Crippen molar-refractivity contribution in [3.05, 3.63) is 22.7 Å². The number of hydrogen-bond donors (Lipinski definition) is 1. The molecule has 0 fully saturated rings. The van der Waals surface area contributed by atoms with Crippen LogP contribution in [-0.4, -0.2) is 18.8 Å². The fourth-order valence-electron chi connectivity index (χ4n) is 1.13. The van der Waals surface area contributed by atoms with Crippen LogP contribution >= 0.6 is 11.6 Å². The molecule has 0 saturated carbocycles. The third-order valence-corrected chi connectivity index (χ3v) is 2.15. The molecule has 78 valence electrons. The van der Waals surface area contributed by atoms with Gasteiger partial charge in [-0.2, -0.15) is 0 Å². The van der Waals surface area contributed by atoms with Gasteiger partial charge >= 0.3 is 0 Å². The van der Waals surface area contributed by atoms with Crippen molar-refractivity contribution in [1.29, 1.82) is 0 Å². The van der Waals surface area contributed by atoms with Crippen molar-refractivity contribution >= 4 is 11.6 Å². The molecule has 0 unspecified atom stereocenters. The van der Waals surface area contributed by atoms with Crippen LogP contribution < -0.4 is 9.47 Å². The van der Waals surface area contributed by atoms with Crippen LogP contribution in [0.3, 0.4) is 0 Å². The molecule has 0 aliphatic heterocycles. The van der Waals surface area contributed by atoms with Crippen LogP contribution in [0.15, 0.2) is 12.1 Å². The van der Waals surface area contributed by atoms with Gasteiger partial charge < -0.3 is 14.6 Å². The van der Waals surface area contributed by atoms with Gasteiger partial charge in [-0.15, -0.1) is 0 Å². The summed E-state index contributed by atoms with van der Waals surface area (Å²) in [6.45, 7) is 2.32. The van der Waals surface area contributed by atoms with Crippen molar-refractivity contribution in [2.45, 2.75) is 13.5 Å². The van der Waals surface area contributed by atoms with Crippen molar-refractivity contribution in [2.24, 2.45) is 0 Å². The fourth-order valence-corrected chi connectivity index (χ4v) is 1.34. The molecule has 0 spiro atoms. The highest BCUT2D eigenvalue weighted by atomic mass is 35.5. The Hall–Kier alpha value is -0.930. The van der Waals surface area contributed by atoms with Crippen LogP contribution in [0.2, 0.25) is 5.02 Å². The Kier molecular flexibility index (Phi) is 4.04. The molecule has 0 heterocycles. The number of aliphatic hydroxyl groups is 1. The monoisotopic (exact) mass is 216 g/mol. The molecular formula is C10H13ClO3. The third-order valence-electron chi connectivity index (χ3n) is 1.80. The van der Waals surface area contributed by atoms with E-state index in [1.807, 2.05) is 6.92 Å². The molecule has 1 rings (SSSR count). The summed E-state index contributed by atoms with van der Waals surface area (Å²) in [6.07, 6.45) is 0. The van der Waals surface area contributed by atoms with Crippen LogP contribution in [0.25, 0.3) is 0 Å². The molecule has 0 bridgehead atoms. The summed E-state index contributed by atoms with van der Waals surface area (Å²) in [5.74, 6) is 1.18. The summed E-state index contributed by atoms with van der Waals surface area (Å²) >= 11 is 5.90. The van der Waals surface area contributed by atoms with E-state index in [4.69, 9.17) is 26.2 Å². The zero-order chi connectivity index (χ0) is 10.6. The van der Waals surface area contributed by atoms with Gasteiger partial charge in [0.15, 0.2) is 11.5 Å². The average Bonchev–Trinajstić information content (AvgIpc) is 2.19. The van der Waals surface area contributed by atoms with E-state index < -0.39 is 0 Å². The van der Waals surface area contributed by atoms with Crippen LogP contribution in [-0.2, 0) is 6.61 Å². The van der Waals surface area contributed by atoms with Crippen LogP contribution in [0.4, 0.5) is 0 Å². The van der Waals surface area contributed by atoms with E-state index in [1.165, 1.54) is 0 Å². The summed E-state index contributed by atoms with van der Waals surface area (Å²) in [5, 5.41) is 9.46. The maximum atomic E-state index is 8.98. The van der Waals surface area contributed by atoms with Crippen molar-refractivity contribution < 1.29 is 14.6 Å². The van der Waals surface area contributed by atoms with Crippen molar-refractivity contribution in [3.8, 4) is 11.5 Å². The highest BCUT2D eigenvalue weighted by Gasteiger charge is 2.09.